The van der Waals surface area contributed by atoms with Crippen molar-refractivity contribution in [3.05, 3.63) is 34.2 Å². The Labute approximate surface area is 107 Å². The number of nitroso groups, excluding NO2 is 1. The molecule has 1 aromatic carbocycles. The molecular weight excluding hydrogens is 262 g/mol. The highest BCUT2D eigenvalue weighted by Crippen LogP contribution is 2.47. The topological polar surface area (TPSA) is 62.8 Å². The number of thioether (sulfide) groups is 1. The van der Waals surface area contributed by atoms with Gasteiger partial charge in [-0.3, -0.25) is 0 Å². The molecule has 0 bridgehead atoms. The third kappa shape index (κ3) is 2.03. The summed E-state index contributed by atoms with van der Waals surface area (Å²) >= 11 is 7.31. The van der Waals surface area contributed by atoms with Crippen LogP contribution < -0.4 is 0 Å². The number of benzene rings is 1. The van der Waals surface area contributed by atoms with Gasteiger partial charge in [-0.05, 0) is 12.3 Å². The van der Waals surface area contributed by atoms with Gasteiger partial charge in [0.15, 0.2) is 0 Å². The number of furan rings is 1. The van der Waals surface area contributed by atoms with E-state index in [2.05, 4.69) is 5.18 Å². The first-order valence-corrected chi connectivity index (χ1v) is 6.27. The van der Waals surface area contributed by atoms with Crippen LogP contribution in [-0.2, 0) is 0 Å². The van der Waals surface area contributed by atoms with Crippen molar-refractivity contribution < 1.29 is 9.52 Å². The zero-order chi connectivity index (χ0) is 12.4. The second-order valence-electron chi connectivity index (χ2n) is 3.19. The summed E-state index contributed by atoms with van der Waals surface area (Å²) in [7, 11) is 0. The lowest BCUT2D eigenvalue weighted by Gasteiger charge is -2.03. The van der Waals surface area contributed by atoms with E-state index in [1.165, 1.54) is 11.8 Å². The van der Waals surface area contributed by atoms with E-state index in [1.54, 1.807) is 30.5 Å². The van der Waals surface area contributed by atoms with Crippen molar-refractivity contribution in [3.8, 4) is 17.1 Å². The van der Waals surface area contributed by atoms with Gasteiger partial charge in [0.1, 0.15) is 0 Å². The normalized spacial score (nSPS) is 10.5. The molecular formula is C11H8ClNO3S. The van der Waals surface area contributed by atoms with Crippen LogP contribution in [0.2, 0.25) is 5.02 Å². The summed E-state index contributed by atoms with van der Waals surface area (Å²) in [4.78, 5) is 11.0. The van der Waals surface area contributed by atoms with Crippen molar-refractivity contribution in [1.82, 2.24) is 0 Å². The average Bonchev–Trinajstić information content (AvgIpc) is 2.66. The van der Waals surface area contributed by atoms with Crippen molar-refractivity contribution in [3.63, 3.8) is 0 Å². The third-order valence-corrected chi connectivity index (χ3v) is 3.38. The number of nitrogens with zero attached hydrogens (tertiary/aromatic N) is 1. The summed E-state index contributed by atoms with van der Waals surface area (Å²) in [5.41, 5.74) is 1.01. The van der Waals surface area contributed by atoms with Gasteiger partial charge in [0.2, 0.25) is 0 Å². The van der Waals surface area contributed by atoms with Crippen LogP contribution in [0.1, 0.15) is 0 Å². The zero-order valence-corrected chi connectivity index (χ0v) is 10.4. The Morgan fingerprint density at radius 3 is 2.71 bits per heavy atom. The number of rotatable bonds is 3. The molecule has 2 rings (SSSR count). The van der Waals surface area contributed by atoms with Crippen molar-refractivity contribution >= 4 is 29.2 Å². The summed E-state index contributed by atoms with van der Waals surface area (Å²) in [5, 5.41) is 12.9. The molecule has 0 aliphatic rings. The van der Waals surface area contributed by atoms with Gasteiger partial charge in [0.05, 0.1) is 10.5 Å². The quantitative estimate of drug-likeness (QED) is 0.661. The van der Waals surface area contributed by atoms with Crippen LogP contribution in [0.25, 0.3) is 11.1 Å². The summed E-state index contributed by atoms with van der Waals surface area (Å²) in [5.74, 6) is -0.484. The molecule has 0 atom stereocenters. The van der Waals surface area contributed by atoms with Crippen LogP contribution in [0.15, 0.2) is 38.8 Å². The Balaban J connectivity index is 2.71. The van der Waals surface area contributed by atoms with Crippen molar-refractivity contribution in [2.45, 2.75) is 4.90 Å². The Hall–Kier alpha value is -1.46. The van der Waals surface area contributed by atoms with E-state index < -0.39 is 0 Å². The first-order chi connectivity index (χ1) is 8.19. The van der Waals surface area contributed by atoms with E-state index >= 15 is 0 Å². The summed E-state index contributed by atoms with van der Waals surface area (Å²) in [6, 6.07) is 7.00. The predicted octanol–water partition coefficient (Wildman–Crippen LogP) is 4.43. The molecule has 88 valence electrons. The second-order valence-corrected chi connectivity index (χ2v) is 4.42. The molecule has 1 heterocycles. The minimum Gasteiger partial charge on any atom is -0.480 e. The van der Waals surface area contributed by atoms with Gasteiger partial charge < -0.3 is 9.52 Å². The van der Waals surface area contributed by atoms with Crippen LogP contribution in [0.3, 0.4) is 0 Å². The lowest BCUT2D eigenvalue weighted by molar-refractivity contribution is 0.338. The monoisotopic (exact) mass is 269 g/mol. The molecule has 0 radical (unpaired) electrons. The van der Waals surface area contributed by atoms with Crippen LogP contribution in [0.5, 0.6) is 5.95 Å². The first kappa shape index (κ1) is 12.0. The highest BCUT2D eigenvalue weighted by Gasteiger charge is 2.23. The maximum absolute atomic E-state index is 10.6. The highest BCUT2D eigenvalue weighted by atomic mass is 35.5. The second kappa shape index (κ2) is 4.81. The highest BCUT2D eigenvalue weighted by molar-refractivity contribution is 7.98. The Kier molecular flexibility index (Phi) is 3.40. The van der Waals surface area contributed by atoms with E-state index in [-0.39, 0.29) is 11.8 Å². The van der Waals surface area contributed by atoms with E-state index in [9.17, 15) is 10.0 Å². The fraction of sp³-hybridized carbons (Fsp3) is 0.0909. The smallest absolute Gasteiger partial charge is 0.293 e. The molecule has 17 heavy (non-hydrogen) atoms. The van der Waals surface area contributed by atoms with Crippen molar-refractivity contribution in [2.24, 2.45) is 5.18 Å². The zero-order valence-electron chi connectivity index (χ0n) is 8.81. The predicted molar refractivity (Wildman–Crippen MR) is 68.1 cm³/mol. The Morgan fingerprint density at radius 2 is 2.12 bits per heavy atom. The number of hydrogen-bond donors (Lipinski definition) is 1. The summed E-state index contributed by atoms with van der Waals surface area (Å²) < 4.78 is 4.89. The Morgan fingerprint density at radius 1 is 1.41 bits per heavy atom. The van der Waals surface area contributed by atoms with Gasteiger partial charge in [0.25, 0.3) is 11.8 Å². The molecule has 6 heteroatoms. The van der Waals surface area contributed by atoms with Gasteiger partial charge in [-0.1, -0.05) is 29.8 Å². The van der Waals surface area contributed by atoms with Crippen molar-refractivity contribution in [2.75, 3.05) is 6.26 Å². The molecule has 0 aliphatic heterocycles. The average molecular weight is 270 g/mol. The fourth-order valence-corrected chi connectivity index (χ4v) is 2.43. The van der Waals surface area contributed by atoms with Crippen LogP contribution in [-0.4, -0.2) is 11.4 Å². The Bertz CT molecular complexity index is 568. The number of hydrogen-bond acceptors (Lipinski definition) is 5. The van der Waals surface area contributed by atoms with Gasteiger partial charge in [-0.15, -0.1) is 16.7 Å². The SMILES string of the molecule is CSc1c(N=O)oc(O)c1-c1ccccc1Cl. The number of aromatic hydroxyl groups is 1. The van der Waals surface area contributed by atoms with Gasteiger partial charge in [-0.2, -0.15) is 0 Å². The molecule has 1 aromatic heterocycles. The molecule has 0 aliphatic carbocycles. The minimum atomic E-state index is -0.350. The van der Waals surface area contributed by atoms with E-state index in [0.717, 1.165) is 0 Å². The van der Waals surface area contributed by atoms with Crippen LogP contribution >= 0.6 is 23.4 Å². The number of halogens is 1. The van der Waals surface area contributed by atoms with Gasteiger partial charge >= 0.3 is 0 Å². The molecule has 4 nitrogen and oxygen atoms in total. The van der Waals surface area contributed by atoms with Crippen LogP contribution in [0.4, 0.5) is 5.88 Å². The third-order valence-electron chi connectivity index (χ3n) is 2.26. The fourth-order valence-electron chi connectivity index (χ4n) is 1.54. The maximum atomic E-state index is 10.6. The first-order valence-electron chi connectivity index (χ1n) is 4.67. The van der Waals surface area contributed by atoms with E-state index in [0.29, 0.717) is 21.0 Å². The lowest BCUT2D eigenvalue weighted by atomic mass is 10.1. The molecule has 0 unspecified atom stereocenters. The molecule has 0 saturated heterocycles. The van der Waals surface area contributed by atoms with Gasteiger partial charge in [-0.25, -0.2) is 0 Å². The van der Waals surface area contributed by atoms with E-state index in [4.69, 9.17) is 16.0 Å². The van der Waals surface area contributed by atoms with Crippen LogP contribution in [0, 0.1) is 4.91 Å². The lowest BCUT2D eigenvalue weighted by Crippen LogP contribution is -1.79. The van der Waals surface area contributed by atoms with E-state index in [1.807, 2.05) is 0 Å². The molecule has 0 spiro atoms. The van der Waals surface area contributed by atoms with Gasteiger partial charge in [0, 0.05) is 15.8 Å². The molecule has 1 N–H and O–H groups in total. The standard InChI is InChI=1S/C11H8ClNO3S/c1-17-9-8(11(14)16-10(9)13-15)6-4-2-3-5-7(6)12/h2-5,14H,1H3. The minimum absolute atomic E-state index is 0.134. The molecule has 0 saturated carbocycles. The maximum Gasteiger partial charge on any atom is 0.293 e. The summed E-state index contributed by atoms with van der Waals surface area (Å²) in [6.45, 7) is 0. The summed E-state index contributed by atoms with van der Waals surface area (Å²) in [6.07, 6.45) is 1.76. The molecule has 2 aromatic rings. The van der Waals surface area contributed by atoms with Crippen molar-refractivity contribution in [1.29, 1.82) is 0 Å². The largest absolute Gasteiger partial charge is 0.480 e. The molecule has 0 fully saturated rings. The molecule has 0 amide bonds.